The van der Waals surface area contributed by atoms with Crippen LogP contribution in [-0.2, 0) is 0 Å². The molecule has 4 rings (SSSR count). The summed E-state index contributed by atoms with van der Waals surface area (Å²) in [6.45, 7) is 5.64. The van der Waals surface area contributed by atoms with E-state index < -0.39 is 0 Å². The molecule has 0 saturated carbocycles. The molecule has 0 bridgehead atoms. The molecule has 3 aromatic rings. The van der Waals surface area contributed by atoms with E-state index in [0.29, 0.717) is 13.2 Å². The third-order valence-electron chi connectivity index (χ3n) is 3.97. The summed E-state index contributed by atoms with van der Waals surface area (Å²) in [6.07, 6.45) is 1.60. The normalized spacial score (nSPS) is 12.6. The Morgan fingerprint density at radius 1 is 1.21 bits per heavy atom. The number of nitrogens with one attached hydrogen (secondary N) is 1. The van der Waals surface area contributed by atoms with Crippen LogP contribution in [0, 0.1) is 13.8 Å². The van der Waals surface area contributed by atoms with Gasteiger partial charge in [0.1, 0.15) is 29.3 Å². The van der Waals surface area contributed by atoms with Gasteiger partial charge in [-0.1, -0.05) is 0 Å². The second-order valence-corrected chi connectivity index (χ2v) is 6.68. The molecular weight excluding hydrogens is 326 g/mol. The monoisotopic (exact) mass is 343 g/mol. The lowest BCUT2D eigenvalue weighted by molar-refractivity contribution is 0.174. The minimum Gasteiger partial charge on any atom is -0.492 e. The number of thiophene rings is 1. The number of anilines is 1. The van der Waals surface area contributed by atoms with Gasteiger partial charge in [0.25, 0.3) is 0 Å². The predicted molar refractivity (Wildman–Crippen MR) is 93.4 cm³/mol. The van der Waals surface area contributed by atoms with E-state index in [1.165, 1.54) is 10.4 Å². The van der Waals surface area contributed by atoms with Crippen LogP contribution in [0.25, 0.3) is 10.2 Å². The quantitative estimate of drug-likeness (QED) is 0.715. The van der Waals surface area contributed by atoms with E-state index in [4.69, 9.17) is 14.2 Å². The molecule has 0 saturated heterocycles. The van der Waals surface area contributed by atoms with Crippen LogP contribution < -0.4 is 19.5 Å². The van der Waals surface area contributed by atoms with Crippen molar-refractivity contribution >= 4 is 27.4 Å². The Kier molecular flexibility index (Phi) is 3.86. The van der Waals surface area contributed by atoms with Crippen molar-refractivity contribution in [2.24, 2.45) is 0 Å². The SMILES string of the molecule is Cc1sc2ncnc(NCCOc3ccc4c(c3)OCO4)c2c1C. The molecule has 2 aromatic heterocycles. The van der Waals surface area contributed by atoms with E-state index in [0.717, 1.165) is 33.3 Å². The predicted octanol–water partition coefficient (Wildman–Crippen LogP) is 3.53. The van der Waals surface area contributed by atoms with E-state index in [9.17, 15) is 0 Å². The van der Waals surface area contributed by atoms with Gasteiger partial charge in [-0.3, -0.25) is 0 Å². The molecule has 1 aliphatic heterocycles. The summed E-state index contributed by atoms with van der Waals surface area (Å²) in [5.41, 5.74) is 1.23. The van der Waals surface area contributed by atoms with Gasteiger partial charge >= 0.3 is 0 Å². The van der Waals surface area contributed by atoms with Crippen LogP contribution in [0.15, 0.2) is 24.5 Å². The van der Waals surface area contributed by atoms with Crippen molar-refractivity contribution in [3.05, 3.63) is 35.0 Å². The summed E-state index contributed by atoms with van der Waals surface area (Å²) < 4.78 is 16.4. The maximum Gasteiger partial charge on any atom is 0.231 e. The lowest BCUT2D eigenvalue weighted by Crippen LogP contribution is -2.12. The van der Waals surface area contributed by atoms with Crippen molar-refractivity contribution in [1.82, 2.24) is 9.97 Å². The zero-order valence-corrected chi connectivity index (χ0v) is 14.3. The molecule has 0 radical (unpaired) electrons. The van der Waals surface area contributed by atoms with Gasteiger partial charge in [-0.25, -0.2) is 9.97 Å². The Labute approximate surface area is 143 Å². The number of nitrogens with zero attached hydrogens (tertiary/aromatic N) is 2. The van der Waals surface area contributed by atoms with Crippen molar-refractivity contribution in [1.29, 1.82) is 0 Å². The van der Waals surface area contributed by atoms with Gasteiger partial charge in [0.2, 0.25) is 6.79 Å². The second-order valence-electron chi connectivity index (χ2n) is 5.48. The molecule has 3 heterocycles. The topological polar surface area (TPSA) is 65.5 Å². The van der Waals surface area contributed by atoms with Gasteiger partial charge in [0.05, 0.1) is 11.9 Å². The maximum absolute atomic E-state index is 5.76. The summed E-state index contributed by atoms with van der Waals surface area (Å²) in [4.78, 5) is 11.0. The average Bonchev–Trinajstić information content (AvgIpc) is 3.16. The van der Waals surface area contributed by atoms with Crippen molar-refractivity contribution in [2.75, 3.05) is 25.3 Å². The first-order valence-electron chi connectivity index (χ1n) is 7.69. The van der Waals surface area contributed by atoms with E-state index >= 15 is 0 Å². The highest BCUT2D eigenvalue weighted by Crippen LogP contribution is 2.35. The van der Waals surface area contributed by atoms with Crippen molar-refractivity contribution in [2.45, 2.75) is 13.8 Å². The number of aromatic nitrogens is 2. The molecule has 0 fully saturated rings. The van der Waals surface area contributed by atoms with Crippen LogP contribution in [0.3, 0.4) is 0 Å². The largest absolute Gasteiger partial charge is 0.492 e. The van der Waals surface area contributed by atoms with Gasteiger partial charge in [0.15, 0.2) is 11.5 Å². The van der Waals surface area contributed by atoms with Crippen molar-refractivity contribution < 1.29 is 14.2 Å². The Balaban J connectivity index is 1.39. The van der Waals surface area contributed by atoms with E-state index in [1.54, 1.807) is 17.7 Å². The molecule has 1 N–H and O–H groups in total. The summed E-state index contributed by atoms with van der Waals surface area (Å²) in [7, 11) is 0. The molecule has 0 atom stereocenters. The van der Waals surface area contributed by atoms with E-state index in [1.807, 2.05) is 18.2 Å². The minimum absolute atomic E-state index is 0.267. The van der Waals surface area contributed by atoms with Crippen LogP contribution >= 0.6 is 11.3 Å². The zero-order chi connectivity index (χ0) is 16.5. The first kappa shape index (κ1) is 15.0. The number of hydrogen-bond donors (Lipinski definition) is 1. The van der Waals surface area contributed by atoms with Crippen LogP contribution in [0.4, 0.5) is 5.82 Å². The molecule has 0 aliphatic carbocycles. The van der Waals surface area contributed by atoms with Gasteiger partial charge < -0.3 is 19.5 Å². The van der Waals surface area contributed by atoms with Gasteiger partial charge in [0, 0.05) is 10.9 Å². The third-order valence-corrected chi connectivity index (χ3v) is 5.09. The summed E-state index contributed by atoms with van der Waals surface area (Å²) in [5, 5.41) is 4.44. The highest BCUT2D eigenvalue weighted by Gasteiger charge is 2.14. The second kappa shape index (κ2) is 6.16. The summed E-state index contributed by atoms with van der Waals surface area (Å²) >= 11 is 1.69. The number of aryl methyl sites for hydroxylation is 2. The molecular formula is C17H17N3O3S. The Hall–Kier alpha value is -2.54. The first-order valence-corrected chi connectivity index (χ1v) is 8.51. The molecule has 1 aromatic carbocycles. The Morgan fingerprint density at radius 3 is 3.00 bits per heavy atom. The number of benzene rings is 1. The molecule has 24 heavy (non-hydrogen) atoms. The highest BCUT2D eigenvalue weighted by atomic mass is 32.1. The van der Waals surface area contributed by atoms with Gasteiger partial charge in [-0.15, -0.1) is 11.3 Å². The van der Waals surface area contributed by atoms with E-state index in [2.05, 4.69) is 29.1 Å². The van der Waals surface area contributed by atoms with Crippen molar-refractivity contribution in [3.8, 4) is 17.2 Å². The van der Waals surface area contributed by atoms with Crippen LogP contribution in [-0.4, -0.2) is 29.9 Å². The number of fused-ring (bicyclic) bond motifs is 2. The first-order chi connectivity index (χ1) is 11.7. The zero-order valence-electron chi connectivity index (χ0n) is 13.5. The smallest absolute Gasteiger partial charge is 0.231 e. The standard InChI is InChI=1S/C17H17N3O3S/c1-10-11(2)24-17-15(10)16(19-8-20-17)18-5-6-21-12-3-4-13-14(7-12)23-9-22-13/h3-4,7-8H,5-6,9H2,1-2H3,(H,18,19,20). The summed E-state index contributed by atoms with van der Waals surface area (Å²) in [5.74, 6) is 3.10. The van der Waals surface area contributed by atoms with Crippen molar-refractivity contribution in [3.63, 3.8) is 0 Å². The highest BCUT2D eigenvalue weighted by molar-refractivity contribution is 7.18. The molecule has 0 unspecified atom stereocenters. The molecule has 1 aliphatic rings. The van der Waals surface area contributed by atoms with Crippen LogP contribution in [0.1, 0.15) is 10.4 Å². The molecule has 124 valence electrons. The van der Waals surface area contributed by atoms with Gasteiger partial charge in [-0.2, -0.15) is 0 Å². The van der Waals surface area contributed by atoms with Crippen LogP contribution in [0.2, 0.25) is 0 Å². The fourth-order valence-corrected chi connectivity index (χ4v) is 3.62. The minimum atomic E-state index is 0.267. The summed E-state index contributed by atoms with van der Waals surface area (Å²) in [6, 6.07) is 5.58. The number of hydrogen-bond acceptors (Lipinski definition) is 7. The molecule has 6 nitrogen and oxygen atoms in total. The Morgan fingerprint density at radius 2 is 2.08 bits per heavy atom. The number of rotatable bonds is 5. The molecule has 7 heteroatoms. The fraction of sp³-hybridized carbons (Fsp3) is 0.294. The maximum atomic E-state index is 5.76. The average molecular weight is 343 g/mol. The lowest BCUT2D eigenvalue weighted by atomic mass is 10.2. The molecule has 0 amide bonds. The lowest BCUT2D eigenvalue weighted by Gasteiger charge is -2.09. The number of ether oxygens (including phenoxy) is 3. The van der Waals surface area contributed by atoms with E-state index in [-0.39, 0.29) is 6.79 Å². The molecule has 0 spiro atoms. The fourth-order valence-electron chi connectivity index (χ4n) is 2.62. The Bertz CT molecular complexity index is 894. The van der Waals surface area contributed by atoms with Crippen LogP contribution in [0.5, 0.6) is 17.2 Å². The third kappa shape index (κ3) is 2.71. The van der Waals surface area contributed by atoms with Gasteiger partial charge in [-0.05, 0) is 31.5 Å².